The fourth-order valence-electron chi connectivity index (χ4n) is 1.46. The molecule has 1 aromatic carbocycles. The second-order valence-electron chi connectivity index (χ2n) is 3.70. The van der Waals surface area contributed by atoms with Crippen molar-refractivity contribution in [1.82, 2.24) is 4.98 Å². The third kappa shape index (κ3) is 2.82. The van der Waals surface area contributed by atoms with Crippen LogP contribution >= 0.6 is 0 Å². The Morgan fingerprint density at radius 3 is 2.67 bits per heavy atom. The molecule has 0 saturated heterocycles. The Morgan fingerprint density at radius 1 is 1.28 bits per heavy atom. The molecule has 2 rings (SSSR count). The highest BCUT2D eigenvalue weighted by Crippen LogP contribution is 2.13. The van der Waals surface area contributed by atoms with Crippen LogP contribution in [0, 0.1) is 5.82 Å². The molecule has 1 heterocycles. The van der Waals surface area contributed by atoms with Crippen LogP contribution in [0.3, 0.4) is 0 Å². The van der Waals surface area contributed by atoms with Gasteiger partial charge in [0.1, 0.15) is 5.82 Å². The van der Waals surface area contributed by atoms with Gasteiger partial charge >= 0.3 is 6.03 Å². The first kappa shape index (κ1) is 12.0. The number of nitrogens with zero attached hydrogens (tertiary/aromatic N) is 2. The Labute approximate surface area is 104 Å². The van der Waals surface area contributed by atoms with Gasteiger partial charge in [0.25, 0.3) is 0 Å². The van der Waals surface area contributed by atoms with E-state index in [1.807, 2.05) is 0 Å². The van der Waals surface area contributed by atoms with Crippen LogP contribution in [0.15, 0.2) is 48.8 Å². The highest BCUT2D eigenvalue weighted by Gasteiger charge is 2.10. The summed E-state index contributed by atoms with van der Waals surface area (Å²) >= 11 is 0. The molecule has 0 aliphatic rings. The van der Waals surface area contributed by atoms with Gasteiger partial charge in [-0.05, 0) is 30.3 Å². The van der Waals surface area contributed by atoms with E-state index in [0.29, 0.717) is 11.4 Å². The zero-order chi connectivity index (χ0) is 13.0. The summed E-state index contributed by atoms with van der Waals surface area (Å²) in [5.41, 5.74) is 1.12. The molecule has 0 atom stereocenters. The van der Waals surface area contributed by atoms with Crippen molar-refractivity contribution in [3.63, 3.8) is 0 Å². The first-order valence-corrected chi connectivity index (χ1v) is 5.37. The second kappa shape index (κ2) is 5.27. The molecule has 0 radical (unpaired) electrons. The van der Waals surface area contributed by atoms with Crippen molar-refractivity contribution in [3.05, 3.63) is 54.6 Å². The third-order valence-corrected chi connectivity index (χ3v) is 2.43. The van der Waals surface area contributed by atoms with Crippen LogP contribution in [0.2, 0.25) is 0 Å². The Balaban J connectivity index is 2.09. The van der Waals surface area contributed by atoms with Gasteiger partial charge in [0.05, 0.1) is 0 Å². The van der Waals surface area contributed by atoms with Crippen molar-refractivity contribution in [3.8, 4) is 0 Å². The Kier molecular flexibility index (Phi) is 3.52. The first-order valence-electron chi connectivity index (χ1n) is 5.37. The molecule has 2 amide bonds. The van der Waals surface area contributed by atoms with Crippen LogP contribution in [-0.2, 0) is 0 Å². The number of halogens is 1. The highest BCUT2D eigenvalue weighted by atomic mass is 19.1. The molecule has 1 aromatic heterocycles. The highest BCUT2D eigenvalue weighted by molar-refractivity contribution is 6.01. The molecule has 92 valence electrons. The number of hydrogen-bond donors (Lipinski definition) is 1. The molecular weight excluding hydrogens is 233 g/mol. The van der Waals surface area contributed by atoms with Crippen molar-refractivity contribution in [1.29, 1.82) is 0 Å². The van der Waals surface area contributed by atoms with E-state index in [1.54, 1.807) is 37.6 Å². The molecule has 0 bridgehead atoms. The minimum absolute atomic E-state index is 0.341. The van der Waals surface area contributed by atoms with E-state index in [1.165, 1.54) is 23.1 Å². The van der Waals surface area contributed by atoms with E-state index in [0.717, 1.165) is 0 Å². The van der Waals surface area contributed by atoms with Gasteiger partial charge in [0.15, 0.2) is 0 Å². The molecular formula is C13H12FN3O. The SMILES string of the molecule is CN(C(=O)Nc1cccc(F)c1)c1ccncc1. The Bertz CT molecular complexity index is 545. The van der Waals surface area contributed by atoms with E-state index in [-0.39, 0.29) is 11.8 Å². The van der Waals surface area contributed by atoms with Crippen LogP contribution in [0.4, 0.5) is 20.6 Å². The standard InChI is InChI=1S/C13H12FN3O/c1-17(12-5-7-15-8-6-12)13(18)16-11-4-2-3-10(14)9-11/h2-9H,1H3,(H,16,18). The van der Waals surface area contributed by atoms with Crippen LogP contribution in [0.1, 0.15) is 0 Å². The van der Waals surface area contributed by atoms with Crippen molar-refractivity contribution in [2.24, 2.45) is 0 Å². The Morgan fingerprint density at radius 2 is 2.00 bits per heavy atom. The average molecular weight is 245 g/mol. The van der Waals surface area contributed by atoms with Crippen LogP contribution in [0.5, 0.6) is 0 Å². The maximum atomic E-state index is 13.0. The zero-order valence-corrected chi connectivity index (χ0v) is 9.80. The monoisotopic (exact) mass is 245 g/mol. The van der Waals surface area contributed by atoms with Gasteiger partial charge in [-0.2, -0.15) is 0 Å². The summed E-state index contributed by atoms with van der Waals surface area (Å²) in [5, 5.41) is 2.61. The predicted molar refractivity (Wildman–Crippen MR) is 68.1 cm³/mol. The van der Waals surface area contributed by atoms with Gasteiger partial charge in [-0.1, -0.05) is 6.07 Å². The number of carbonyl (C=O) groups is 1. The lowest BCUT2D eigenvalue weighted by Gasteiger charge is -2.17. The lowest BCUT2D eigenvalue weighted by Crippen LogP contribution is -2.31. The fourth-order valence-corrected chi connectivity index (χ4v) is 1.46. The molecule has 2 aromatic rings. The number of anilines is 2. The summed E-state index contributed by atoms with van der Waals surface area (Å²) in [6, 6.07) is 8.84. The lowest BCUT2D eigenvalue weighted by atomic mass is 10.3. The number of amides is 2. The number of aromatic nitrogens is 1. The lowest BCUT2D eigenvalue weighted by molar-refractivity contribution is 0.258. The largest absolute Gasteiger partial charge is 0.326 e. The summed E-state index contributed by atoms with van der Waals surface area (Å²) in [6.07, 6.45) is 3.20. The third-order valence-electron chi connectivity index (χ3n) is 2.43. The quantitative estimate of drug-likeness (QED) is 0.884. The van der Waals surface area contributed by atoms with Gasteiger partial charge < -0.3 is 5.32 Å². The molecule has 1 N–H and O–H groups in total. The van der Waals surface area contributed by atoms with Crippen LogP contribution < -0.4 is 10.2 Å². The van der Waals surface area contributed by atoms with Gasteiger partial charge in [-0.3, -0.25) is 9.88 Å². The molecule has 0 aliphatic carbocycles. The topological polar surface area (TPSA) is 45.2 Å². The number of benzene rings is 1. The number of urea groups is 1. The van der Waals surface area contributed by atoms with Crippen molar-refractivity contribution in [2.75, 3.05) is 17.3 Å². The smallest absolute Gasteiger partial charge is 0.307 e. The maximum Gasteiger partial charge on any atom is 0.326 e. The maximum absolute atomic E-state index is 13.0. The van der Waals surface area contributed by atoms with E-state index in [9.17, 15) is 9.18 Å². The van der Waals surface area contributed by atoms with Gasteiger partial charge in [-0.15, -0.1) is 0 Å². The molecule has 0 saturated carbocycles. The Hall–Kier alpha value is -2.43. The van der Waals surface area contributed by atoms with Gasteiger partial charge in [0.2, 0.25) is 0 Å². The molecule has 0 spiro atoms. The normalized spacial score (nSPS) is 9.89. The summed E-state index contributed by atoms with van der Waals surface area (Å²) in [4.78, 5) is 17.2. The van der Waals surface area contributed by atoms with E-state index in [2.05, 4.69) is 10.3 Å². The molecule has 18 heavy (non-hydrogen) atoms. The number of hydrogen-bond acceptors (Lipinski definition) is 2. The van der Waals surface area contributed by atoms with E-state index < -0.39 is 0 Å². The van der Waals surface area contributed by atoms with Gasteiger partial charge in [-0.25, -0.2) is 9.18 Å². The van der Waals surface area contributed by atoms with E-state index in [4.69, 9.17) is 0 Å². The van der Waals surface area contributed by atoms with Crippen LogP contribution in [0.25, 0.3) is 0 Å². The molecule has 0 fully saturated rings. The van der Waals surface area contributed by atoms with Crippen molar-refractivity contribution >= 4 is 17.4 Å². The van der Waals surface area contributed by atoms with Crippen molar-refractivity contribution < 1.29 is 9.18 Å². The average Bonchev–Trinajstić information content (AvgIpc) is 2.39. The summed E-state index contributed by atoms with van der Waals surface area (Å²) in [6.45, 7) is 0. The number of nitrogens with one attached hydrogen (secondary N) is 1. The first-order chi connectivity index (χ1) is 8.66. The second-order valence-corrected chi connectivity index (χ2v) is 3.70. The minimum atomic E-state index is -0.389. The van der Waals surface area contributed by atoms with E-state index >= 15 is 0 Å². The fraction of sp³-hybridized carbons (Fsp3) is 0.0769. The summed E-state index contributed by atoms with van der Waals surface area (Å²) in [5.74, 6) is -0.389. The summed E-state index contributed by atoms with van der Waals surface area (Å²) < 4.78 is 13.0. The molecule has 0 unspecified atom stereocenters. The summed E-state index contributed by atoms with van der Waals surface area (Å²) in [7, 11) is 1.63. The molecule has 0 aliphatic heterocycles. The number of carbonyl (C=O) groups excluding carboxylic acids is 1. The number of pyridine rings is 1. The molecule has 5 heteroatoms. The zero-order valence-electron chi connectivity index (χ0n) is 9.80. The minimum Gasteiger partial charge on any atom is -0.307 e. The van der Waals surface area contributed by atoms with Crippen molar-refractivity contribution in [2.45, 2.75) is 0 Å². The predicted octanol–water partition coefficient (Wildman–Crippen LogP) is 2.89. The molecule has 4 nitrogen and oxygen atoms in total. The van der Waals surface area contributed by atoms with Gasteiger partial charge in [0, 0.05) is 30.8 Å². The van der Waals surface area contributed by atoms with Crippen LogP contribution in [-0.4, -0.2) is 18.1 Å². The number of rotatable bonds is 2.